The molecule has 1 aliphatic heterocycles. The van der Waals surface area contributed by atoms with E-state index in [1.54, 1.807) is 11.3 Å². The lowest BCUT2D eigenvalue weighted by atomic mass is 9.98. The van der Waals surface area contributed by atoms with Gasteiger partial charge in [0.1, 0.15) is 0 Å². The predicted octanol–water partition coefficient (Wildman–Crippen LogP) is 2.34. The van der Waals surface area contributed by atoms with E-state index in [0.29, 0.717) is 0 Å². The minimum atomic E-state index is 0. The largest absolute Gasteiger partial charge is 0.330 e. The van der Waals surface area contributed by atoms with E-state index < -0.39 is 0 Å². The van der Waals surface area contributed by atoms with Gasteiger partial charge in [-0.1, -0.05) is 0 Å². The molecule has 1 aromatic rings. The molecule has 1 aromatic heterocycles. The van der Waals surface area contributed by atoms with E-state index in [4.69, 9.17) is 5.73 Å². The molecule has 86 valence electrons. The van der Waals surface area contributed by atoms with Crippen LogP contribution in [0.25, 0.3) is 0 Å². The average Bonchev–Trinajstić information content (AvgIpc) is 2.71. The van der Waals surface area contributed by atoms with Crippen molar-refractivity contribution in [2.24, 2.45) is 11.7 Å². The number of thiophene rings is 1. The van der Waals surface area contributed by atoms with Crippen LogP contribution < -0.4 is 5.73 Å². The van der Waals surface area contributed by atoms with Crippen molar-refractivity contribution < 1.29 is 0 Å². The monoisotopic (exact) mass is 246 g/mol. The molecule has 2 heterocycles. The summed E-state index contributed by atoms with van der Waals surface area (Å²) in [5, 5.41) is 4.39. The van der Waals surface area contributed by atoms with E-state index in [0.717, 1.165) is 19.0 Å². The zero-order chi connectivity index (χ0) is 9.80. The number of nitrogens with two attached hydrogens (primary N) is 1. The third-order valence-electron chi connectivity index (χ3n) is 2.92. The summed E-state index contributed by atoms with van der Waals surface area (Å²) in [7, 11) is 0. The third-order valence-corrected chi connectivity index (χ3v) is 3.65. The van der Waals surface area contributed by atoms with Gasteiger partial charge in [0.25, 0.3) is 0 Å². The maximum Gasteiger partial charge on any atom is 0.0242 e. The van der Waals surface area contributed by atoms with Gasteiger partial charge in [-0.15, -0.1) is 12.4 Å². The fraction of sp³-hybridized carbons (Fsp3) is 0.636. The van der Waals surface area contributed by atoms with Crippen LogP contribution in [0.2, 0.25) is 0 Å². The molecule has 0 aliphatic carbocycles. The summed E-state index contributed by atoms with van der Waals surface area (Å²) >= 11 is 1.78. The molecule has 0 bridgehead atoms. The summed E-state index contributed by atoms with van der Waals surface area (Å²) in [4.78, 5) is 2.53. The molecular weight excluding hydrogens is 228 g/mol. The van der Waals surface area contributed by atoms with Gasteiger partial charge in [0.15, 0.2) is 0 Å². The van der Waals surface area contributed by atoms with Crippen molar-refractivity contribution in [3.8, 4) is 0 Å². The zero-order valence-corrected chi connectivity index (χ0v) is 10.5. The Hall–Kier alpha value is -0.0900. The highest BCUT2D eigenvalue weighted by atomic mass is 35.5. The SMILES string of the molecule is Cl.NCC1CCCN(Cc2ccsc2)C1. The van der Waals surface area contributed by atoms with Crippen LogP contribution in [0.5, 0.6) is 0 Å². The molecule has 15 heavy (non-hydrogen) atoms. The highest BCUT2D eigenvalue weighted by Gasteiger charge is 2.18. The summed E-state index contributed by atoms with van der Waals surface area (Å²) in [5.74, 6) is 0.724. The summed E-state index contributed by atoms with van der Waals surface area (Å²) in [6, 6.07) is 2.22. The highest BCUT2D eigenvalue weighted by molar-refractivity contribution is 7.07. The number of hydrogen-bond donors (Lipinski definition) is 1. The van der Waals surface area contributed by atoms with Crippen molar-refractivity contribution in [3.05, 3.63) is 22.4 Å². The van der Waals surface area contributed by atoms with Crippen LogP contribution in [-0.4, -0.2) is 24.5 Å². The minimum Gasteiger partial charge on any atom is -0.330 e. The molecule has 0 radical (unpaired) electrons. The Bertz CT molecular complexity index is 264. The summed E-state index contributed by atoms with van der Waals surface area (Å²) in [5.41, 5.74) is 7.17. The zero-order valence-electron chi connectivity index (χ0n) is 8.89. The first-order valence-electron chi connectivity index (χ1n) is 5.32. The second kappa shape index (κ2) is 6.48. The predicted molar refractivity (Wildman–Crippen MR) is 68.6 cm³/mol. The van der Waals surface area contributed by atoms with Crippen LogP contribution in [0, 0.1) is 5.92 Å². The fourth-order valence-corrected chi connectivity index (χ4v) is 2.79. The van der Waals surface area contributed by atoms with E-state index in [1.807, 2.05) is 0 Å². The topological polar surface area (TPSA) is 29.3 Å². The Balaban J connectivity index is 0.00000112. The van der Waals surface area contributed by atoms with Gasteiger partial charge < -0.3 is 5.73 Å². The lowest BCUT2D eigenvalue weighted by Crippen LogP contribution is -2.37. The van der Waals surface area contributed by atoms with Gasteiger partial charge >= 0.3 is 0 Å². The van der Waals surface area contributed by atoms with Crippen LogP contribution in [0.15, 0.2) is 16.8 Å². The number of nitrogens with zero attached hydrogens (tertiary/aromatic N) is 1. The quantitative estimate of drug-likeness (QED) is 0.887. The van der Waals surface area contributed by atoms with Crippen molar-refractivity contribution in [1.29, 1.82) is 0 Å². The molecule has 2 nitrogen and oxygen atoms in total. The summed E-state index contributed by atoms with van der Waals surface area (Å²) in [6.45, 7) is 4.39. The smallest absolute Gasteiger partial charge is 0.0242 e. The fourth-order valence-electron chi connectivity index (χ4n) is 2.13. The van der Waals surface area contributed by atoms with Crippen molar-refractivity contribution in [1.82, 2.24) is 4.90 Å². The van der Waals surface area contributed by atoms with Crippen LogP contribution in [0.1, 0.15) is 18.4 Å². The van der Waals surface area contributed by atoms with Crippen LogP contribution in [0.3, 0.4) is 0 Å². The summed E-state index contributed by atoms with van der Waals surface area (Å²) in [6.07, 6.45) is 2.63. The van der Waals surface area contributed by atoms with Gasteiger partial charge in [0, 0.05) is 13.1 Å². The van der Waals surface area contributed by atoms with Gasteiger partial charge in [0.05, 0.1) is 0 Å². The Morgan fingerprint density at radius 2 is 2.40 bits per heavy atom. The van der Waals surface area contributed by atoms with Gasteiger partial charge in [-0.25, -0.2) is 0 Å². The van der Waals surface area contributed by atoms with Gasteiger partial charge in [0.2, 0.25) is 0 Å². The lowest BCUT2D eigenvalue weighted by Gasteiger charge is -2.31. The Morgan fingerprint density at radius 3 is 3.07 bits per heavy atom. The molecule has 1 aliphatic rings. The number of piperidine rings is 1. The van der Waals surface area contributed by atoms with E-state index >= 15 is 0 Å². The molecule has 4 heteroatoms. The molecule has 1 atom stereocenters. The molecule has 1 saturated heterocycles. The van der Waals surface area contributed by atoms with Crippen molar-refractivity contribution >= 4 is 23.7 Å². The number of rotatable bonds is 3. The molecular formula is C11H19ClN2S. The summed E-state index contributed by atoms with van der Waals surface area (Å²) < 4.78 is 0. The van der Waals surface area contributed by atoms with Crippen molar-refractivity contribution in [2.45, 2.75) is 19.4 Å². The standard InChI is InChI=1S/C11H18N2S.ClH/c12-6-10-2-1-4-13(7-10)8-11-3-5-14-9-11;/h3,5,9-10H,1-2,4,6-8,12H2;1H. The Morgan fingerprint density at radius 1 is 1.53 bits per heavy atom. The molecule has 0 spiro atoms. The minimum absolute atomic E-state index is 0. The van der Waals surface area contributed by atoms with Crippen molar-refractivity contribution in [2.75, 3.05) is 19.6 Å². The molecule has 0 amide bonds. The highest BCUT2D eigenvalue weighted by Crippen LogP contribution is 2.18. The first kappa shape index (κ1) is 13.0. The molecule has 2 N–H and O–H groups in total. The van der Waals surface area contributed by atoms with Gasteiger partial charge in [-0.3, -0.25) is 4.90 Å². The maximum absolute atomic E-state index is 5.71. The molecule has 2 rings (SSSR count). The Labute approximate surface area is 102 Å². The first-order valence-corrected chi connectivity index (χ1v) is 6.26. The van der Waals surface area contributed by atoms with E-state index in [2.05, 4.69) is 21.7 Å². The Kier molecular flexibility index (Phi) is 5.61. The second-order valence-electron chi connectivity index (χ2n) is 4.11. The van der Waals surface area contributed by atoms with Crippen molar-refractivity contribution in [3.63, 3.8) is 0 Å². The van der Waals surface area contributed by atoms with E-state index in [9.17, 15) is 0 Å². The molecule has 0 saturated carbocycles. The van der Waals surface area contributed by atoms with E-state index in [1.165, 1.54) is 31.5 Å². The molecule has 1 fully saturated rings. The number of likely N-dealkylation sites (tertiary alicyclic amines) is 1. The van der Waals surface area contributed by atoms with E-state index in [-0.39, 0.29) is 12.4 Å². The maximum atomic E-state index is 5.71. The van der Waals surface area contributed by atoms with Crippen LogP contribution >= 0.6 is 23.7 Å². The third kappa shape index (κ3) is 3.76. The van der Waals surface area contributed by atoms with Crippen LogP contribution in [-0.2, 0) is 6.54 Å². The average molecular weight is 247 g/mol. The molecule has 0 aromatic carbocycles. The normalized spacial score (nSPS) is 22.3. The lowest BCUT2D eigenvalue weighted by molar-refractivity contribution is 0.171. The van der Waals surface area contributed by atoms with Crippen LogP contribution in [0.4, 0.5) is 0 Å². The van der Waals surface area contributed by atoms with Gasteiger partial charge in [-0.05, 0) is 54.2 Å². The second-order valence-corrected chi connectivity index (χ2v) is 4.89. The molecule has 1 unspecified atom stereocenters. The number of halogens is 1. The van der Waals surface area contributed by atoms with Gasteiger partial charge in [-0.2, -0.15) is 11.3 Å². The first-order chi connectivity index (χ1) is 6.88. The number of hydrogen-bond acceptors (Lipinski definition) is 3.